The molecule has 0 bridgehead atoms. The molecule has 0 aliphatic carbocycles. The molecule has 2 aromatic carbocycles. The van der Waals surface area contributed by atoms with Crippen molar-refractivity contribution >= 4 is 27.7 Å². The molecule has 38 heavy (non-hydrogen) atoms. The van der Waals surface area contributed by atoms with Crippen LogP contribution in [0.2, 0.25) is 0 Å². The van der Waals surface area contributed by atoms with Crippen molar-refractivity contribution in [1.29, 1.82) is 5.26 Å². The average molecular weight is 583 g/mol. The first-order valence-corrected chi connectivity index (χ1v) is 11.9. The first kappa shape index (κ1) is 26.6. The van der Waals surface area contributed by atoms with Gasteiger partial charge in [0.2, 0.25) is 5.91 Å². The third kappa shape index (κ3) is 6.07. The number of rotatable bonds is 8. The van der Waals surface area contributed by atoms with Crippen molar-refractivity contribution in [2.75, 3.05) is 0 Å². The number of aromatic nitrogens is 3. The zero-order valence-electron chi connectivity index (χ0n) is 19.5. The molecule has 0 aliphatic rings. The van der Waals surface area contributed by atoms with Crippen LogP contribution in [0.1, 0.15) is 33.4 Å². The maximum atomic E-state index is 14.1. The summed E-state index contributed by atoms with van der Waals surface area (Å²) >= 11 is 3.19. The maximum Gasteiger partial charge on any atom is 0.251 e. The lowest BCUT2D eigenvalue weighted by atomic mass is 9.94. The predicted molar refractivity (Wildman–Crippen MR) is 134 cm³/mol. The van der Waals surface area contributed by atoms with Crippen molar-refractivity contribution in [3.05, 3.63) is 105 Å². The second-order valence-corrected chi connectivity index (χ2v) is 9.09. The molecule has 2 aromatic heterocycles. The van der Waals surface area contributed by atoms with Crippen LogP contribution in [0, 0.1) is 28.8 Å². The van der Waals surface area contributed by atoms with E-state index in [1.165, 1.54) is 29.2 Å². The standard InChI is InChI=1S/C26H18BrF3N6O2/c27-20-12-36(35-23(20)11-31)13-24(37)34-22(8-14-6-16(28)10-17(29)7-14)25-18(2-1-5-33-25)15-3-4-21(30)19(9-15)26(32)38/h1-7,9-10,12,22H,8,13H2,(H2,32,38)(H,34,37)/t22-/m0/s1. The molecule has 0 unspecified atom stereocenters. The van der Waals surface area contributed by atoms with E-state index in [4.69, 9.17) is 11.0 Å². The number of amides is 2. The molecule has 8 nitrogen and oxygen atoms in total. The van der Waals surface area contributed by atoms with Crippen molar-refractivity contribution in [3.63, 3.8) is 0 Å². The molecular formula is C26H18BrF3N6O2. The number of nitriles is 1. The van der Waals surface area contributed by atoms with Crippen LogP contribution in [0.4, 0.5) is 13.2 Å². The molecule has 4 aromatic rings. The van der Waals surface area contributed by atoms with E-state index in [9.17, 15) is 22.8 Å². The summed E-state index contributed by atoms with van der Waals surface area (Å²) in [7, 11) is 0. The van der Waals surface area contributed by atoms with Crippen molar-refractivity contribution in [3.8, 4) is 17.2 Å². The Bertz CT molecular complexity index is 1560. The minimum absolute atomic E-state index is 0.0550. The van der Waals surface area contributed by atoms with Crippen LogP contribution in [-0.4, -0.2) is 26.6 Å². The maximum absolute atomic E-state index is 14.1. The van der Waals surface area contributed by atoms with E-state index in [0.717, 1.165) is 24.3 Å². The Morgan fingerprint density at radius 3 is 2.53 bits per heavy atom. The summed E-state index contributed by atoms with van der Waals surface area (Å²) in [6.07, 6.45) is 2.87. The fourth-order valence-corrected chi connectivity index (χ4v) is 4.35. The Hall–Kier alpha value is -4.50. The highest BCUT2D eigenvalue weighted by molar-refractivity contribution is 9.10. The molecule has 192 valence electrons. The van der Waals surface area contributed by atoms with Gasteiger partial charge >= 0.3 is 0 Å². The van der Waals surface area contributed by atoms with Gasteiger partial charge in [0.15, 0.2) is 5.69 Å². The molecule has 0 radical (unpaired) electrons. The van der Waals surface area contributed by atoms with Crippen molar-refractivity contribution in [1.82, 2.24) is 20.1 Å². The summed E-state index contributed by atoms with van der Waals surface area (Å²) in [5, 5.41) is 15.9. The van der Waals surface area contributed by atoms with Gasteiger partial charge in [-0.1, -0.05) is 12.1 Å². The molecule has 0 fully saturated rings. The van der Waals surface area contributed by atoms with E-state index in [2.05, 4.69) is 31.3 Å². The third-order valence-electron chi connectivity index (χ3n) is 5.54. The van der Waals surface area contributed by atoms with Crippen molar-refractivity contribution < 1.29 is 22.8 Å². The lowest BCUT2D eigenvalue weighted by Gasteiger charge is -2.22. The highest BCUT2D eigenvalue weighted by atomic mass is 79.9. The normalized spacial score (nSPS) is 11.6. The summed E-state index contributed by atoms with van der Waals surface area (Å²) in [6, 6.07) is 11.0. The van der Waals surface area contributed by atoms with Gasteiger partial charge in [-0.25, -0.2) is 13.2 Å². The van der Waals surface area contributed by atoms with Gasteiger partial charge in [0, 0.05) is 24.0 Å². The van der Waals surface area contributed by atoms with Gasteiger partial charge in [-0.05, 0) is 63.8 Å². The SMILES string of the molecule is N#Cc1nn(CC(=O)N[C@@H](Cc2cc(F)cc(F)c2)c2ncccc2-c2ccc(F)c(C(N)=O)c2)cc1Br. The molecule has 2 heterocycles. The summed E-state index contributed by atoms with van der Waals surface area (Å²) in [4.78, 5) is 29.1. The highest BCUT2D eigenvalue weighted by Gasteiger charge is 2.23. The first-order chi connectivity index (χ1) is 18.1. The van der Waals surface area contributed by atoms with Gasteiger partial charge in [-0.3, -0.25) is 19.3 Å². The second kappa shape index (κ2) is 11.3. The fraction of sp³-hybridized carbons (Fsp3) is 0.115. The van der Waals surface area contributed by atoms with Crippen LogP contribution in [0.5, 0.6) is 0 Å². The van der Waals surface area contributed by atoms with E-state index in [0.29, 0.717) is 21.3 Å². The van der Waals surface area contributed by atoms with E-state index in [1.54, 1.807) is 12.1 Å². The molecule has 1 atom stereocenters. The van der Waals surface area contributed by atoms with Gasteiger partial charge in [-0.15, -0.1) is 0 Å². The highest BCUT2D eigenvalue weighted by Crippen LogP contribution is 2.30. The Kier molecular flexibility index (Phi) is 7.87. The van der Waals surface area contributed by atoms with E-state index in [1.807, 2.05) is 6.07 Å². The number of hydrogen-bond donors (Lipinski definition) is 2. The number of benzene rings is 2. The van der Waals surface area contributed by atoms with E-state index in [-0.39, 0.29) is 29.8 Å². The Labute approximate surface area is 223 Å². The van der Waals surface area contributed by atoms with Crippen LogP contribution < -0.4 is 11.1 Å². The molecule has 2 amide bonds. The summed E-state index contributed by atoms with van der Waals surface area (Å²) in [6.45, 7) is -0.265. The van der Waals surface area contributed by atoms with E-state index < -0.39 is 35.3 Å². The second-order valence-electron chi connectivity index (χ2n) is 8.23. The van der Waals surface area contributed by atoms with E-state index >= 15 is 0 Å². The molecule has 0 aliphatic heterocycles. The fourth-order valence-electron chi connectivity index (χ4n) is 3.94. The summed E-state index contributed by atoms with van der Waals surface area (Å²) < 4.78 is 43.7. The number of nitrogens with two attached hydrogens (primary N) is 1. The zero-order valence-corrected chi connectivity index (χ0v) is 21.0. The van der Waals surface area contributed by atoms with Gasteiger partial charge in [0.1, 0.15) is 30.1 Å². The van der Waals surface area contributed by atoms with Gasteiger partial charge < -0.3 is 11.1 Å². The van der Waals surface area contributed by atoms with Crippen LogP contribution >= 0.6 is 15.9 Å². The first-order valence-electron chi connectivity index (χ1n) is 11.1. The van der Waals surface area contributed by atoms with Gasteiger partial charge in [0.25, 0.3) is 5.91 Å². The lowest BCUT2D eigenvalue weighted by Crippen LogP contribution is -2.33. The number of nitrogens with zero attached hydrogens (tertiary/aromatic N) is 4. The minimum Gasteiger partial charge on any atom is -0.366 e. The quantitative estimate of drug-likeness (QED) is 0.322. The topological polar surface area (TPSA) is 127 Å². The number of carbonyl (C=O) groups excluding carboxylic acids is 2. The summed E-state index contributed by atoms with van der Waals surface area (Å²) in [5.74, 6) is -3.87. The van der Waals surface area contributed by atoms with Crippen LogP contribution in [-0.2, 0) is 17.8 Å². The Balaban J connectivity index is 1.73. The van der Waals surface area contributed by atoms with Crippen molar-refractivity contribution in [2.45, 2.75) is 19.0 Å². The number of carbonyl (C=O) groups is 2. The molecule has 4 rings (SSSR count). The van der Waals surface area contributed by atoms with Gasteiger partial charge in [0.05, 0.1) is 21.8 Å². The Morgan fingerprint density at radius 2 is 1.87 bits per heavy atom. The van der Waals surface area contributed by atoms with Gasteiger partial charge in [-0.2, -0.15) is 10.4 Å². The number of halogens is 4. The largest absolute Gasteiger partial charge is 0.366 e. The van der Waals surface area contributed by atoms with Crippen LogP contribution in [0.25, 0.3) is 11.1 Å². The smallest absolute Gasteiger partial charge is 0.251 e. The van der Waals surface area contributed by atoms with Crippen molar-refractivity contribution in [2.24, 2.45) is 5.73 Å². The zero-order chi connectivity index (χ0) is 27.4. The minimum atomic E-state index is -0.961. The molecular weight excluding hydrogens is 565 g/mol. The predicted octanol–water partition coefficient (Wildman–Crippen LogP) is 4.20. The monoisotopic (exact) mass is 582 g/mol. The number of hydrogen-bond acceptors (Lipinski definition) is 5. The lowest BCUT2D eigenvalue weighted by molar-refractivity contribution is -0.122. The third-order valence-corrected chi connectivity index (χ3v) is 6.12. The molecule has 0 spiro atoms. The molecule has 0 saturated heterocycles. The summed E-state index contributed by atoms with van der Waals surface area (Å²) in [5.41, 5.74) is 6.43. The average Bonchev–Trinajstić information content (AvgIpc) is 3.21. The molecule has 12 heteroatoms. The number of nitrogens with one attached hydrogen (secondary N) is 1. The van der Waals surface area contributed by atoms with Crippen LogP contribution in [0.15, 0.2) is 65.4 Å². The number of primary amides is 1. The molecule has 3 N–H and O–H groups in total. The Morgan fingerprint density at radius 1 is 1.13 bits per heavy atom. The number of pyridine rings is 1. The molecule has 0 saturated carbocycles. The van der Waals surface area contributed by atoms with Crippen LogP contribution in [0.3, 0.4) is 0 Å².